The van der Waals surface area contributed by atoms with E-state index in [4.69, 9.17) is 0 Å². The summed E-state index contributed by atoms with van der Waals surface area (Å²) in [5.41, 5.74) is 1.23. The number of rotatable bonds is 6. The molecule has 23 heavy (non-hydrogen) atoms. The van der Waals surface area contributed by atoms with E-state index in [1.807, 2.05) is 6.92 Å². The van der Waals surface area contributed by atoms with Gasteiger partial charge in [0, 0.05) is 30.3 Å². The van der Waals surface area contributed by atoms with Gasteiger partial charge in [0.15, 0.2) is 5.78 Å². The van der Waals surface area contributed by atoms with Crippen LogP contribution in [0.2, 0.25) is 0 Å². The molecule has 5 heteroatoms. The predicted molar refractivity (Wildman–Crippen MR) is 90.7 cm³/mol. The Labute approximate surface area is 137 Å². The van der Waals surface area contributed by atoms with Crippen molar-refractivity contribution in [3.05, 3.63) is 29.8 Å². The predicted octanol–water partition coefficient (Wildman–Crippen LogP) is 3.44. The monoisotopic (exact) mass is 318 g/mol. The highest BCUT2D eigenvalue weighted by Crippen LogP contribution is 2.23. The van der Waals surface area contributed by atoms with Crippen molar-refractivity contribution in [2.45, 2.75) is 51.5 Å². The fraction of sp³-hybridized carbons (Fsp3) is 0.556. The summed E-state index contributed by atoms with van der Waals surface area (Å²) in [6.45, 7) is 2.11. The number of nitrogens with zero attached hydrogens (tertiary/aromatic N) is 1. The lowest BCUT2D eigenvalue weighted by Crippen LogP contribution is -2.45. The minimum Gasteiger partial charge on any atom is -0.395 e. The second-order valence-electron chi connectivity index (χ2n) is 6.00. The molecule has 126 valence electrons. The number of hydrogen-bond acceptors (Lipinski definition) is 3. The van der Waals surface area contributed by atoms with Gasteiger partial charge in [-0.25, -0.2) is 4.79 Å². The molecule has 1 saturated carbocycles. The Balaban J connectivity index is 2.07. The van der Waals surface area contributed by atoms with Gasteiger partial charge in [0.2, 0.25) is 0 Å². The van der Waals surface area contributed by atoms with Crippen molar-refractivity contribution >= 4 is 17.5 Å². The summed E-state index contributed by atoms with van der Waals surface area (Å²) in [6, 6.07) is 7.01. The topological polar surface area (TPSA) is 69.6 Å². The van der Waals surface area contributed by atoms with Gasteiger partial charge in [0.25, 0.3) is 0 Å². The van der Waals surface area contributed by atoms with E-state index in [9.17, 15) is 14.7 Å². The fourth-order valence-corrected chi connectivity index (χ4v) is 3.12. The van der Waals surface area contributed by atoms with Crippen LogP contribution in [0.15, 0.2) is 24.3 Å². The maximum Gasteiger partial charge on any atom is 0.322 e. The number of amides is 2. The number of ketones is 1. The van der Waals surface area contributed by atoms with Crippen molar-refractivity contribution in [2.24, 2.45) is 0 Å². The van der Waals surface area contributed by atoms with Crippen LogP contribution in [-0.2, 0) is 0 Å². The number of urea groups is 1. The van der Waals surface area contributed by atoms with Crippen LogP contribution in [-0.4, -0.2) is 41.0 Å². The Kier molecular flexibility index (Phi) is 6.59. The number of carbonyl (C=O) groups excluding carboxylic acids is 2. The number of aliphatic hydroxyl groups is 1. The van der Waals surface area contributed by atoms with Crippen molar-refractivity contribution in [1.82, 2.24) is 4.90 Å². The zero-order valence-electron chi connectivity index (χ0n) is 13.8. The Morgan fingerprint density at radius 1 is 1.26 bits per heavy atom. The molecule has 0 spiro atoms. The zero-order chi connectivity index (χ0) is 16.7. The largest absolute Gasteiger partial charge is 0.395 e. The number of aliphatic hydroxyl groups excluding tert-OH is 1. The number of nitrogens with one attached hydrogen (secondary N) is 1. The Bertz CT molecular complexity index is 539. The molecular weight excluding hydrogens is 292 g/mol. The molecule has 0 bridgehead atoms. The van der Waals surface area contributed by atoms with Gasteiger partial charge >= 0.3 is 6.03 Å². The average molecular weight is 318 g/mol. The first-order chi connectivity index (χ1) is 11.2. The van der Waals surface area contributed by atoms with E-state index in [-0.39, 0.29) is 24.5 Å². The highest BCUT2D eigenvalue weighted by Gasteiger charge is 2.25. The summed E-state index contributed by atoms with van der Waals surface area (Å²) in [7, 11) is 0. The van der Waals surface area contributed by atoms with Gasteiger partial charge < -0.3 is 15.3 Å². The molecule has 0 radical (unpaired) electrons. The summed E-state index contributed by atoms with van der Waals surface area (Å²) in [5.74, 6) is 0.0561. The van der Waals surface area contributed by atoms with Gasteiger partial charge in [0.05, 0.1) is 6.61 Å². The average Bonchev–Trinajstić information content (AvgIpc) is 2.59. The van der Waals surface area contributed by atoms with E-state index in [1.54, 1.807) is 29.2 Å². The van der Waals surface area contributed by atoms with E-state index < -0.39 is 0 Å². The van der Waals surface area contributed by atoms with Crippen LogP contribution < -0.4 is 5.32 Å². The Hall–Kier alpha value is -1.88. The minimum atomic E-state index is -0.202. The van der Waals surface area contributed by atoms with E-state index >= 15 is 0 Å². The van der Waals surface area contributed by atoms with Crippen LogP contribution in [0.5, 0.6) is 0 Å². The highest BCUT2D eigenvalue weighted by molar-refractivity contribution is 5.98. The molecule has 2 amide bonds. The third-order valence-corrected chi connectivity index (χ3v) is 4.37. The smallest absolute Gasteiger partial charge is 0.322 e. The van der Waals surface area contributed by atoms with Crippen molar-refractivity contribution in [3.8, 4) is 0 Å². The summed E-state index contributed by atoms with van der Waals surface area (Å²) in [6.07, 6.45) is 5.88. The normalized spacial score (nSPS) is 15.2. The quantitative estimate of drug-likeness (QED) is 0.789. The van der Waals surface area contributed by atoms with E-state index in [2.05, 4.69) is 5.32 Å². The first-order valence-corrected chi connectivity index (χ1v) is 8.47. The first kappa shape index (κ1) is 17.5. The third-order valence-electron chi connectivity index (χ3n) is 4.37. The number of hydrogen-bond donors (Lipinski definition) is 2. The van der Waals surface area contributed by atoms with E-state index in [0.717, 1.165) is 25.7 Å². The molecule has 0 saturated heterocycles. The van der Waals surface area contributed by atoms with Gasteiger partial charge in [-0.05, 0) is 25.0 Å². The van der Waals surface area contributed by atoms with Crippen LogP contribution >= 0.6 is 0 Å². The molecule has 1 aromatic carbocycles. The van der Waals surface area contributed by atoms with Crippen molar-refractivity contribution in [1.29, 1.82) is 0 Å². The van der Waals surface area contributed by atoms with Gasteiger partial charge in [-0.15, -0.1) is 0 Å². The molecule has 1 aliphatic carbocycles. The maximum atomic E-state index is 12.6. The van der Waals surface area contributed by atoms with Crippen LogP contribution in [0.1, 0.15) is 55.8 Å². The Morgan fingerprint density at radius 3 is 2.65 bits per heavy atom. The number of Topliss-reactive ketones (excluding diaryl/α,β-unsaturated/α-hetero) is 1. The molecule has 0 aromatic heterocycles. The Morgan fingerprint density at radius 2 is 2.00 bits per heavy atom. The van der Waals surface area contributed by atoms with Crippen LogP contribution in [0.3, 0.4) is 0 Å². The molecule has 2 N–H and O–H groups in total. The van der Waals surface area contributed by atoms with Gasteiger partial charge in [-0.1, -0.05) is 38.3 Å². The molecule has 0 unspecified atom stereocenters. The van der Waals surface area contributed by atoms with Crippen LogP contribution in [0.4, 0.5) is 10.5 Å². The fourth-order valence-electron chi connectivity index (χ4n) is 3.12. The number of carbonyl (C=O) groups is 2. The molecule has 0 aliphatic heterocycles. The van der Waals surface area contributed by atoms with Gasteiger partial charge in [0.1, 0.15) is 0 Å². The molecule has 1 fully saturated rings. The summed E-state index contributed by atoms with van der Waals surface area (Å²) in [4.78, 5) is 26.1. The SMILES string of the molecule is CCC(=O)c1cccc(NC(=O)N(CCO)C2CCCCC2)c1. The highest BCUT2D eigenvalue weighted by atomic mass is 16.3. The molecule has 0 heterocycles. The molecule has 2 rings (SSSR count). The first-order valence-electron chi connectivity index (χ1n) is 8.47. The summed E-state index contributed by atoms with van der Waals surface area (Å²) >= 11 is 0. The zero-order valence-corrected chi connectivity index (χ0v) is 13.8. The van der Waals surface area contributed by atoms with Crippen molar-refractivity contribution in [3.63, 3.8) is 0 Å². The number of benzene rings is 1. The molecule has 1 aliphatic rings. The summed E-state index contributed by atoms with van der Waals surface area (Å²) in [5, 5.41) is 12.1. The molecule has 5 nitrogen and oxygen atoms in total. The molecule has 1 aromatic rings. The second kappa shape index (κ2) is 8.67. The van der Waals surface area contributed by atoms with Crippen molar-refractivity contribution < 1.29 is 14.7 Å². The van der Waals surface area contributed by atoms with Crippen LogP contribution in [0.25, 0.3) is 0 Å². The minimum absolute atomic E-state index is 0.0434. The lowest BCUT2D eigenvalue weighted by molar-refractivity contribution is 0.0988. The summed E-state index contributed by atoms with van der Waals surface area (Å²) < 4.78 is 0. The number of anilines is 1. The second-order valence-corrected chi connectivity index (χ2v) is 6.00. The van der Waals surface area contributed by atoms with Crippen molar-refractivity contribution in [2.75, 3.05) is 18.5 Å². The standard InChI is InChI=1S/C18H26N2O3/c1-2-17(22)14-7-6-8-15(13-14)19-18(23)20(11-12-21)16-9-4-3-5-10-16/h6-8,13,16,21H,2-5,9-12H2,1H3,(H,19,23). The van der Waals surface area contributed by atoms with E-state index in [0.29, 0.717) is 24.2 Å². The lowest BCUT2D eigenvalue weighted by Gasteiger charge is -2.34. The third kappa shape index (κ3) is 4.79. The van der Waals surface area contributed by atoms with Crippen LogP contribution in [0, 0.1) is 0 Å². The lowest BCUT2D eigenvalue weighted by atomic mass is 9.94. The maximum absolute atomic E-state index is 12.6. The van der Waals surface area contributed by atoms with Gasteiger partial charge in [-0.3, -0.25) is 4.79 Å². The molecule has 0 atom stereocenters. The van der Waals surface area contributed by atoms with Gasteiger partial charge in [-0.2, -0.15) is 0 Å². The van der Waals surface area contributed by atoms with E-state index in [1.165, 1.54) is 6.42 Å². The molecular formula is C18H26N2O3.